The van der Waals surface area contributed by atoms with Gasteiger partial charge in [-0.05, 0) is 31.5 Å². The van der Waals surface area contributed by atoms with E-state index in [2.05, 4.69) is 67.7 Å². The largest absolute Gasteiger partial charge is 0.493 e. The van der Waals surface area contributed by atoms with Crippen molar-refractivity contribution < 1.29 is 4.74 Å². The predicted molar refractivity (Wildman–Crippen MR) is 103 cm³/mol. The molecule has 0 fully saturated rings. The summed E-state index contributed by atoms with van der Waals surface area (Å²) in [5.41, 5.74) is 2.57. The minimum atomic E-state index is 0.319. The van der Waals surface area contributed by atoms with Gasteiger partial charge in [0.25, 0.3) is 0 Å². The van der Waals surface area contributed by atoms with Crippen molar-refractivity contribution in [3.63, 3.8) is 0 Å². The summed E-state index contributed by atoms with van der Waals surface area (Å²) in [5.74, 6) is 1.00. The zero-order valence-corrected chi connectivity index (χ0v) is 15.1. The van der Waals surface area contributed by atoms with Gasteiger partial charge in [0.1, 0.15) is 5.75 Å². The summed E-state index contributed by atoms with van der Waals surface area (Å²) in [4.78, 5) is 0. The van der Waals surface area contributed by atoms with Gasteiger partial charge in [-0.2, -0.15) is 0 Å². The standard InChI is InChI=1S/C22H31NO/c1-3-4-5-11-17-23-19(2)21-14-9-10-15-22(21)24-18-16-20-12-7-6-8-13-20/h6-10,12-15,19,23H,3-5,11,16-18H2,1-2H3. The van der Waals surface area contributed by atoms with E-state index in [1.165, 1.54) is 36.8 Å². The molecule has 0 aliphatic rings. The van der Waals surface area contributed by atoms with E-state index in [1.54, 1.807) is 0 Å². The molecule has 0 saturated carbocycles. The van der Waals surface area contributed by atoms with E-state index in [1.807, 2.05) is 6.07 Å². The molecule has 0 amide bonds. The van der Waals surface area contributed by atoms with Crippen LogP contribution >= 0.6 is 0 Å². The fraction of sp³-hybridized carbons (Fsp3) is 0.455. The van der Waals surface area contributed by atoms with Crippen molar-refractivity contribution in [2.24, 2.45) is 0 Å². The third-order valence-corrected chi connectivity index (χ3v) is 4.36. The topological polar surface area (TPSA) is 21.3 Å². The summed E-state index contributed by atoms with van der Waals surface area (Å²) in [6, 6.07) is 19.2. The van der Waals surface area contributed by atoms with E-state index in [9.17, 15) is 0 Å². The molecule has 0 spiro atoms. The van der Waals surface area contributed by atoms with Gasteiger partial charge in [-0.25, -0.2) is 0 Å². The fourth-order valence-corrected chi connectivity index (χ4v) is 2.87. The third kappa shape index (κ3) is 6.37. The third-order valence-electron chi connectivity index (χ3n) is 4.36. The van der Waals surface area contributed by atoms with Crippen LogP contribution in [0.15, 0.2) is 54.6 Å². The molecule has 0 aliphatic carbocycles. The van der Waals surface area contributed by atoms with Crippen LogP contribution in [0.3, 0.4) is 0 Å². The van der Waals surface area contributed by atoms with Crippen LogP contribution in [0, 0.1) is 0 Å². The van der Waals surface area contributed by atoms with Gasteiger partial charge in [0, 0.05) is 18.0 Å². The first kappa shape index (κ1) is 18.5. The Labute approximate surface area is 147 Å². The Morgan fingerprint density at radius 3 is 2.46 bits per heavy atom. The van der Waals surface area contributed by atoms with Crippen molar-refractivity contribution in [3.05, 3.63) is 65.7 Å². The Kier molecular flexibility index (Phi) is 8.40. The molecule has 0 aromatic heterocycles. The summed E-state index contributed by atoms with van der Waals surface area (Å²) in [6.07, 6.45) is 6.11. The monoisotopic (exact) mass is 325 g/mol. The summed E-state index contributed by atoms with van der Waals surface area (Å²) in [7, 11) is 0. The van der Waals surface area contributed by atoms with E-state index in [4.69, 9.17) is 4.74 Å². The molecule has 1 N–H and O–H groups in total. The number of hydrogen-bond donors (Lipinski definition) is 1. The lowest BCUT2D eigenvalue weighted by Gasteiger charge is -2.18. The molecular weight excluding hydrogens is 294 g/mol. The van der Waals surface area contributed by atoms with Crippen LogP contribution in [0.4, 0.5) is 0 Å². The van der Waals surface area contributed by atoms with Gasteiger partial charge >= 0.3 is 0 Å². The van der Waals surface area contributed by atoms with E-state index in [0.29, 0.717) is 12.6 Å². The highest BCUT2D eigenvalue weighted by Crippen LogP contribution is 2.25. The van der Waals surface area contributed by atoms with Crippen LogP contribution in [-0.4, -0.2) is 13.2 Å². The lowest BCUT2D eigenvalue weighted by atomic mass is 10.1. The van der Waals surface area contributed by atoms with Gasteiger partial charge in [0.2, 0.25) is 0 Å². The lowest BCUT2D eigenvalue weighted by Crippen LogP contribution is -2.20. The molecule has 0 aliphatic heterocycles. The average Bonchev–Trinajstić information content (AvgIpc) is 2.63. The first-order chi connectivity index (χ1) is 11.8. The number of unbranched alkanes of at least 4 members (excludes halogenated alkanes) is 3. The normalized spacial score (nSPS) is 12.1. The number of rotatable bonds is 11. The van der Waals surface area contributed by atoms with Crippen LogP contribution in [0.1, 0.15) is 56.7 Å². The quantitative estimate of drug-likeness (QED) is 0.548. The molecule has 0 radical (unpaired) electrons. The van der Waals surface area contributed by atoms with Crippen LogP contribution in [0.25, 0.3) is 0 Å². The van der Waals surface area contributed by atoms with Crippen LogP contribution < -0.4 is 10.1 Å². The number of ether oxygens (including phenoxy) is 1. The Morgan fingerprint density at radius 2 is 1.67 bits per heavy atom. The van der Waals surface area contributed by atoms with E-state index in [0.717, 1.165) is 18.7 Å². The molecule has 130 valence electrons. The highest BCUT2D eigenvalue weighted by atomic mass is 16.5. The Morgan fingerprint density at radius 1 is 0.917 bits per heavy atom. The number of para-hydroxylation sites is 1. The van der Waals surface area contributed by atoms with Crippen molar-refractivity contribution in [1.82, 2.24) is 5.32 Å². The van der Waals surface area contributed by atoms with Gasteiger partial charge in [0.15, 0.2) is 0 Å². The van der Waals surface area contributed by atoms with Crippen molar-refractivity contribution in [2.45, 2.75) is 52.0 Å². The van der Waals surface area contributed by atoms with Crippen LogP contribution in [0.2, 0.25) is 0 Å². The summed E-state index contributed by atoms with van der Waals surface area (Å²) in [5, 5.41) is 3.63. The van der Waals surface area contributed by atoms with Gasteiger partial charge in [0.05, 0.1) is 6.61 Å². The first-order valence-corrected chi connectivity index (χ1v) is 9.30. The molecule has 1 atom stereocenters. The molecule has 24 heavy (non-hydrogen) atoms. The first-order valence-electron chi connectivity index (χ1n) is 9.30. The van der Waals surface area contributed by atoms with Gasteiger partial charge in [-0.1, -0.05) is 74.7 Å². The van der Waals surface area contributed by atoms with Crippen molar-refractivity contribution in [3.8, 4) is 5.75 Å². The molecule has 0 bridgehead atoms. The molecule has 1 unspecified atom stereocenters. The molecule has 2 aromatic carbocycles. The second-order valence-electron chi connectivity index (χ2n) is 6.36. The zero-order chi connectivity index (χ0) is 17.0. The molecule has 2 nitrogen and oxygen atoms in total. The smallest absolute Gasteiger partial charge is 0.124 e. The maximum Gasteiger partial charge on any atom is 0.124 e. The highest BCUT2D eigenvalue weighted by Gasteiger charge is 2.10. The number of nitrogens with one attached hydrogen (secondary N) is 1. The minimum Gasteiger partial charge on any atom is -0.493 e. The number of hydrogen-bond acceptors (Lipinski definition) is 2. The molecule has 0 heterocycles. The number of benzene rings is 2. The molecule has 2 rings (SSSR count). The van der Waals surface area contributed by atoms with Gasteiger partial charge in [-0.15, -0.1) is 0 Å². The maximum atomic E-state index is 6.07. The second kappa shape index (κ2) is 10.9. The maximum absolute atomic E-state index is 6.07. The van der Waals surface area contributed by atoms with E-state index in [-0.39, 0.29) is 0 Å². The Hall–Kier alpha value is -1.80. The minimum absolute atomic E-state index is 0.319. The van der Waals surface area contributed by atoms with Crippen molar-refractivity contribution in [1.29, 1.82) is 0 Å². The van der Waals surface area contributed by atoms with Crippen molar-refractivity contribution in [2.75, 3.05) is 13.2 Å². The molecule has 0 saturated heterocycles. The second-order valence-corrected chi connectivity index (χ2v) is 6.36. The lowest BCUT2D eigenvalue weighted by molar-refractivity contribution is 0.315. The average molecular weight is 325 g/mol. The van der Waals surface area contributed by atoms with Crippen LogP contribution in [-0.2, 0) is 6.42 Å². The predicted octanol–water partition coefficient (Wildman–Crippen LogP) is 5.54. The summed E-state index contributed by atoms with van der Waals surface area (Å²) >= 11 is 0. The van der Waals surface area contributed by atoms with Gasteiger partial charge < -0.3 is 10.1 Å². The van der Waals surface area contributed by atoms with Gasteiger partial charge in [-0.3, -0.25) is 0 Å². The van der Waals surface area contributed by atoms with E-state index < -0.39 is 0 Å². The zero-order valence-electron chi connectivity index (χ0n) is 15.1. The fourth-order valence-electron chi connectivity index (χ4n) is 2.87. The van der Waals surface area contributed by atoms with Crippen LogP contribution in [0.5, 0.6) is 5.75 Å². The molecule has 2 aromatic rings. The molecule has 2 heteroatoms. The highest BCUT2D eigenvalue weighted by molar-refractivity contribution is 5.35. The Bertz CT molecular complexity index is 567. The summed E-state index contributed by atoms with van der Waals surface area (Å²) < 4.78 is 6.07. The van der Waals surface area contributed by atoms with E-state index >= 15 is 0 Å². The summed E-state index contributed by atoms with van der Waals surface area (Å²) in [6.45, 7) is 6.25. The van der Waals surface area contributed by atoms with Crippen molar-refractivity contribution >= 4 is 0 Å². The SMILES string of the molecule is CCCCCCNC(C)c1ccccc1OCCc1ccccc1. The molecular formula is C22H31NO. The Balaban J connectivity index is 1.82.